The second-order valence-electron chi connectivity index (χ2n) is 4.56. The van der Waals surface area contributed by atoms with Crippen molar-refractivity contribution in [2.24, 2.45) is 0 Å². The molecule has 3 rings (SSSR count). The molecule has 18 heavy (non-hydrogen) atoms. The van der Waals surface area contributed by atoms with Gasteiger partial charge in [-0.1, -0.05) is 6.92 Å². The van der Waals surface area contributed by atoms with E-state index in [1.54, 1.807) is 12.4 Å². The van der Waals surface area contributed by atoms with E-state index in [1.165, 1.54) is 0 Å². The Morgan fingerprint density at radius 1 is 1.39 bits per heavy atom. The Balaban J connectivity index is 2.08. The molecule has 4 heteroatoms. The zero-order valence-corrected chi connectivity index (χ0v) is 10.2. The van der Waals surface area contributed by atoms with Crippen LogP contribution in [0.3, 0.4) is 0 Å². The summed E-state index contributed by atoms with van der Waals surface area (Å²) < 4.78 is 0. The van der Waals surface area contributed by atoms with Gasteiger partial charge in [0.05, 0.1) is 5.56 Å². The van der Waals surface area contributed by atoms with Gasteiger partial charge in [0.1, 0.15) is 0 Å². The standard InChI is InChI=1S/C14H15N3O/c1-2-9-8-16-14(18)11-7-12(17-13(9)11)10-3-5-15-6-4-10/h3-7,9,17H,2,8H2,1H3,(H,16,18)/t9-/m0/s1. The fraction of sp³-hybridized carbons (Fsp3) is 0.286. The minimum Gasteiger partial charge on any atom is -0.357 e. The lowest BCUT2D eigenvalue weighted by Gasteiger charge is -2.21. The van der Waals surface area contributed by atoms with Crippen molar-refractivity contribution in [3.8, 4) is 11.3 Å². The minimum absolute atomic E-state index is 0.0197. The highest BCUT2D eigenvalue weighted by molar-refractivity contribution is 5.98. The number of nitrogens with one attached hydrogen (secondary N) is 2. The van der Waals surface area contributed by atoms with E-state index in [0.717, 1.165) is 35.5 Å². The average molecular weight is 241 g/mol. The van der Waals surface area contributed by atoms with Crippen molar-refractivity contribution < 1.29 is 4.79 Å². The van der Waals surface area contributed by atoms with Gasteiger partial charge in [-0.3, -0.25) is 9.78 Å². The van der Waals surface area contributed by atoms with Gasteiger partial charge in [0, 0.05) is 41.8 Å². The number of rotatable bonds is 2. The SMILES string of the molecule is CC[C@H]1CNC(=O)c2cc(-c3ccncc3)[nH]c21. The summed E-state index contributed by atoms with van der Waals surface area (Å²) in [6, 6.07) is 5.81. The van der Waals surface area contributed by atoms with E-state index in [1.807, 2.05) is 18.2 Å². The van der Waals surface area contributed by atoms with Crippen molar-refractivity contribution in [2.75, 3.05) is 6.54 Å². The first-order valence-electron chi connectivity index (χ1n) is 6.21. The van der Waals surface area contributed by atoms with Gasteiger partial charge in [-0.15, -0.1) is 0 Å². The highest BCUT2D eigenvalue weighted by Crippen LogP contribution is 2.30. The molecule has 1 atom stereocenters. The number of hydrogen-bond acceptors (Lipinski definition) is 2. The minimum atomic E-state index is 0.0197. The molecule has 0 bridgehead atoms. The van der Waals surface area contributed by atoms with Gasteiger partial charge in [0.2, 0.25) is 0 Å². The van der Waals surface area contributed by atoms with Crippen LogP contribution in [-0.2, 0) is 0 Å². The number of hydrogen-bond donors (Lipinski definition) is 2. The van der Waals surface area contributed by atoms with Crippen molar-refractivity contribution >= 4 is 5.91 Å². The maximum Gasteiger partial charge on any atom is 0.253 e. The van der Waals surface area contributed by atoms with Crippen molar-refractivity contribution in [1.82, 2.24) is 15.3 Å². The predicted octanol–water partition coefficient (Wildman–Crippen LogP) is 2.31. The molecule has 0 saturated carbocycles. The van der Waals surface area contributed by atoms with Gasteiger partial charge in [-0.25, -0.2) is 0 Å². The van der Waals surface area contributed by atoms with E-state index < -0.39 is 0 Å². The van der Waals surface area contributed by atoms with E-state index in [4.69, 9.17) is 0 Å². The summed E-state index contributed by atoms with van der Waals surface area (Å²) in [5, 5.41) is 2.93. The van der Waals surface area contributed by atoms with Gasteiger partial charge in [-0.05, 0) is 24.6 Å². The van der Waals surface area contributed by atoms with Crippen molar-refractivity contribution in [1.29, 1.82) is 0 Å². The lowest BCUT2D eigenvalue weighted by Crippen LogP contribution is -2.34. The van der Waals surface area contributed by atoms with Crippen molar-refractivity contribution in [2.45, 2.75) is 19.3 Å². The highest BCUT2D eigenvalue weighted by atomic mass is 16.1. The normalized spacial score (nSPS) is 18.3. The van der Waals surface area contributed by atoms with Gasteiger partial charge in [0.15, 0.2) is 0 Å². The monoisotopic (exact) mass is 241 g/mol. The second kappa shape index (κ2) is 4.29. The summed E-state index contributed by atoms with van der Waals surface area (Å²) in [6.07, 6.45) is 4.53. The summed E-state index contributed by atoms with van der Waals surface area (Å²) in [7, 11) is 0. The third-order valence-electron chi connectivity index (χ3n) is 3.49. The third kappa shape index (κ3) is 1.70. The number of pyridine rings is 1. The Morgan fingerprint density at radius 2 is 2.17 bits per heavy atom. The molecule has 0 saturated heterocycles. The first-order valence-corrected chi connectivity index (χ1v) is 6.21. The Bertz CT molecular complexity index is 574. The van der Waals surface area contributed by atoms with E-state index in [2.05, 4.69) is 22.2 Å². The summed E-state index contributed by atoms with van der Waals surface area (Å²) in [4.78, 5) is 19.2. The molecule has 0 unspecified atom stereocenters. The van der Waals surface area contributed by atoms with Crippen LogP contribution < -0.4 is 5.32 Å². The molecule has 3 heterocycles. The molecule has 0 spiro atoms. The molecular formula is C14H15N3O. The summed E-state index contributed by atoms with van der Waals surface area (Å²) in [6.45, 7) is 2.86. The van der Waals surface area contributed by atoms with Gasteiger partial charge >= 0.3 is 0 Å². The molecule has 1 aliphatic heterocycles. The molecule has 0 aliphatic carbocycles. The maximum atomic E-state index is 11.8. The number of H-pyrrole nitrogens is 1. The molecule has 92 valence electrons. The van der Waals surface area contributed by atoms with E-state index in [-0.39, 0.29) is 5.91 Å². The molecular weight excluding hydrogens is 226 g/mol. The van der Waals surface area contributed by atoms with Gasteiger partial charge in [0.25, 0.3) is 5.91 Å². The number of carbonyl (C=O) groups is 1. The molecule has 0 aromatic carbocycles. The van der Waals surface area contributed by atoms with Crippen LogP contribution in [0.15, 0.2) is 30.6 Å². The molecule has 4 nitrogen and oxygen atoms in total. The number of amides is 1. The Kier molecular flexibility index (Phi) is 2.63. The average Bonchev–Trinajstić information content (AvgIpc) is 2.86. The molecule has 2 aromatic heterocycles. The maximum absolute atomic E-state index is 11.8. The third-order valence-corrected chi connectivity index (χ3v) is 3.49. The first-order chi connectivity index (χ1) is 8.79. The molecule has 2 N–H and O–H groups in total. The van der Waals surface area contributed by atoms with E-state index >= 15 is 0 Å². The number of carbonyl (C=O) groups excluding carboxylic acids is 1. The molecule has 1 aliphatic rings. The Hall–Kier alpha value is -2.10. The number of aromatic nitrogens is 2. The summed E-state index contributed by atoms with van der Waals surface area (Å²) >= 11 is 0. The zero-order chi connectivity index (χ0) is 12.5. The number of fused-ring (bicyclic) bond motifs is 1. The number of nitrogens with zero attached hydrogens (tertiary/aromatic N) is 1. The summed E-state index contributed by atoms with van der Waals surface area (Å²) in [5.41, 5.74) is 3.88. The smallest absolute Gasteiger partial charge is 0.253 e. The molecule has 2 aromatic rings. The molecule has 0 radical (unpaired) electrons. The van der Waals surface area contributed by atoms with Gasteiger partial charge < -0.3 is 10.3 Å². The number of aromatic amines is 1. The topological polar surface area (TPSA) is 57.8 Å². The van der Waals surface area contributed by atoms with Crippen LogP contribution in [0.25, 0.3) is 11.3 Å². The van der Waals surface area contributed by atoms with Crippen LogP contribution >= 0.6 is 0 Å². The molecule has 1 amide bonds. The lowest BCUT2D eigenvalue weighted by atomic mass is 9.95. The fourth-order valence-electron chi connectivity index (χ4n) is 2.43. The van der Waals surface area contributed by atoms with Crippen molar-refractivity contribution in [3.05, 3.63) is 41.9 Å². The second-order valence-corrected chi connectivity index (χ2v) is 4.56. The first kappa shape index (κ1) is 11.0. The fourth-order valence-corrected chi connectivity index (χ4v) is 2.43. The molecule has 0 fully saturated rings. The quantitative estimate of drug-likeness (QED) is 0.847. The zero-order valence-electron chi connectivity index (χ0n) is 10.2. The van der Waals surface area contributed by atoms with Crippen LogP contribution in [0.4, 0.5) is 0 Å². The summed E-state index contributed by atoms with van der Waals surface area (Å²) in [5.74, 6) is 0.402. The van der Waals surface area contributed by atoms with E-state index in [9.17, 15) is 4.79 Å². The Morgan fingerprint density at radius 3 is 2.89 bits per heavy atom. The predicted molar refractivity (Wildman–Crippen MR) is 69.4 cm³/mol. The lowest BCUT2D eigenvalue weighted by molar-refractivity contribution is 0.0939. The Labute approximate surface area is 105 Å². The van der Waals surface area contributed by atoms with Crippen LogP contribution in [0, 0.1) is 0 Å². The van der Waals surface area contributed by atoms with Crippen LogP contribution in [0.2, 0.25) is 0 Å². The van der Waals surface area contributed by atoms with Gasteiger partial charge in [-0.2, -0.15) is 0 Å². The highest BCUT2D eigenvalue weighted by Gasteiger charge is 2.26. The van der Waals surface area contributed by atoms with Crippen LogP contribution in [0.5, 0.6) is 0 Å². The largest absolute Gasteiger partial charge is 0.357 e. The van der Waals surface area contributed by atoms with Crippen molar-refractivity contribution in [3.63, 3.8) is 0 Å². The van der Waals surface area contributed by atoms with E-state index in [0.29, 0.717) is 5.92 Å². The van der Waals surface area contributed by atoms with Crippen LogP contribution in [-0.4, -0.2) is 22.4 Å². The van der Waals surface area contributed by atoms with Crippen LogP contribution in [0.1, 0.15) is 35.3 Å².